The van der Waals surface area contributed by atoms with E-state index in [-0.39, 0.29) is 17.5 Å². The number of sulfone groups is 1. The number of aromatic nitrogens is 2. The van der Waals surface area contributed by atoms with Crippen molar-refractivity contribution in [3.63, 3.8) is 0 Å². The molecule has 0 aromatic carbocycles. The number of nitrogens with zero attached hydrogens (tertiary/aromatic N) is 2. The lowest BCUT2D eigenvalue weighted by molar-refractivity contribution is 0.112. The van der Waals surface area contributed by atoms with Crippen LogP contribution in [0.5, 0.6) is 0 Å². The van der Waals surface area contributed by atoms with Gasteiger partial charge in [0.05, 0.1) is 23.6 Å². The fourth-order valence-electron chi connectivity index (χ4n) is 1.28. The number of aldehydes is 1. The lowest BCUT2D eigenvalue weighted by Gasteiger charge is -2.01. The van der Waals surface area contributed by atoms with Gasteiger partial charge in [-0.3, -0.25) is 9.48 Å². The minimum absolute atomic E-state index is 0.0458. The summed E-state index contributed by atoms with van der Waals surface area (Å²) in [7, 11) is -3.06. The molecule has 90 valence electrons. The molecule has 1 aromatic heterocycles. The topological polar surface area (TPSA) is 69.0 Å². The van der Waals surface area contributed by atoms with Gasteiger partial charge in [0.15, 0.2) is 6.29 Å². The third kappa shape index (κ3) is 3.05. The molecule has 0 spiro atoms. The summed E-state index contributed by atoms with van der Waals surface area (Å²) in [5, 5.41) is 4.30. The Morgan fingerprint density at radius 1 is 1.50 bits per heavy atom. The van der Waals surface area contributed by atoms with Crippen molar-refractivity contribution in [3.05, 3.63) is 16.4 Å². The van der Waals surface area contributed by atoms with Gasteiger partial charge in [0.1, 0.15) is 15.0 Å². The largest absolute Gasteiger partial charge is 0.298 e. The van der Waals surface area contributed by atoms with E-state index in [0.29, 0.717) is 24.0 Å². The van der Waals surface area contributed by atoms with Crippen LogP contribution in [0, 0.1) is 0 Å². The van der Waals surface area contributed by atoms with Gasteiger partial charge in [0, 0.05) is 6.26 Å². The van der Waals surface area contributed by atoms with Crippen molar-refractivity contribution in [2.24, 2.45) is 0 Å². The second kappa shape index (κ2) is 4.97. The van der Waals surface area contributed by atoms with E-state index in [1.165, 1.54) is 4.68 Å². The molecule has 0 saturated carbocycles. The van der Waals surface area contributed by atoms with Crippen LogP contribution in [0.1, 0.15) is 23.0 Å². The van der Waals surface area contributed by atoms with Crippen molar-refractivity contribution in [1.82, 2.24) is 9.78 Å². The molecular weight excluding hydrogens is 252 g/mol. The van der Waals surface area contributed by atoms with E-state index >= 15 is 0 Å². The maximum absolute atomic E-state index is 11.0. The molecule has 0 aliphatic heterocycles. The molecule has 7 heteroatoms. The molecule has 0 amide bonds. The van der Waals surface area contributed by atoms with Crippen LogP contribution in [-0.4, -0.2) is 36.5 Å². The summed E-state index contributed by atoms with van der Waals surface area (Å²) in [6, 6.07) is 0. The summed E-state index contributed by atoms with van der Waals surface area (Å²) < 4.78 is 23.3. The van der Waals surface area contributed by atoms with Crippen molar-refractivity contribution in [3.8, 4) is 0 Å². The van der Waals surface area contributed by atoms with E-state index < -0.39 is 9.84 Å². The maximum atomic E-state index is 11.0. The van der Waals surface area contributed by atoms with Gasteiger partial charge in [-0.05, 0) is 6.42 Å². The van der Waals surface area contributed by atoms with Crippen LogP contribution < -0.4 is 0 Å². The van der Waals surface area contributed by atoms with Crippen LogP contribution in [0.15, 0.2) is 0 Å². The number of aryl methyl sites for hydroxylation is 2. The third-order valence-corrected chi connectivity index (χ3v) is 3.45. The maximum Gasteiger partial charge on any atom is 0.155 e. The second-order valence-corrected chi connectivity index (χ2v) is 6.09. The molecule has 1 rings (SSSR count). The van der Waals surface area contributed by atoms with Crippen LogP contribution in [0.25, 0.3) is 0 Å². The van der Waals surface area contributed by atoms with Crippen molar-refractivity contribution < 1.29 is 13.2 Å². The van der Waals surface area contributed by atoms with Gasteiger partial charge >= 0.3 is 0 Å². The second-order valence-electron chi connectivity index (χ2n) is 3.48. The van der Waals surface area contributed by atoms with Crippen LogP contribution in [0.3, 0.4) is 0 Å². The number of rotatable bonds is 5. The predicted octanol–water partition coefficient (Wildman–Crippen LogP) is 0.956. The minimum atomic E-state index is -3.06. The van der Waals surface area contributed by atoms with E-state index in [1.807, 2.05) is 6.92 Å². The monoisotopic (exact) mass is 264 g/mol. The van der Waals surface area contributed by atoms with Crippen molar-refractivity contribution >= 4 is 27.7 Å². The molecule has 0 radical (unpaired) electrons. The molecule has 0 bridgehead atoms. The minimum Gasteiger partial charge on any atom is -0.298 e. The first-order valence-electron chi connectivity index (χ1n) is 4.77. The van der Waals surface area contributed by atoms with Crippen LogP contribution >= 0.6 is 11.6 Å². The quantitative estimate of drug-likeness (QED) is 0.743. The van der Waals surface area contributed by atoms with E-state index in [4.69, 9.17) is 11.6 Å². The highest BCUT2D eigenvalue weighted by Gasteiger charge is 2.15. The zero-order valence-electron chi connectivity index (χ0n) is 9.10. The van der Waals surface area contributed by atoms with Gasteiger partial charge in [-0.25, -0.2) is 8.42 Å². The van der Waals surface area contributed by atoms with Crippen LogP contribution in [0.4, 0.5) is 0 Å². The highest BCUT2D eigenvalue weighted by atomic mass is 35.5. The molecule has 16 heavy (non-hydrogen) atoms. The van der Waals surface area contributed by atoms with E-state index in [1.54, 1.807) is 0 Å². The van der Waals surface area contributed by atoms with Gasteiger partial charge in [-0.15, -0.1) is 0 Å². The summed E-state index contributed by atoms with van der Waals surface area (Å²) >= 11 is 5.91. The Morgan fingerprint density at radius 2 is 2.12 bits per heavy atom. The predicted molar refractivity (Wildman–Crippen MR) is 61.7 cm³/mol. The normalized spacial score (nSPS) is 11.7. The molecule has 0 atom stereocenters. The Morgan fingerprint density at radius 3 is 2.50 bits per heavy atom. The highest BCUT2D eigenvalue weighted by Crippen LogP contribution is 2.18. The average molecular weight is 265 g/mol. The van der Waals surface area contributed by atoms with Gasteiger partial charge < -0.3 is 0 Å². The summed E-state index contributed by atoms with van der Waals surface area (Å²) in [5.74, 6) is -0.0458. The van der Waals surface area contributed by atoms with Crippen LogP contribution in [0.2, 0.25) is 5.15 Å². The first-order chi connectivity index (χ1) is 7.39. The Bertz CT molecular complexity index is 493. The lowest BCUT2D eigenvalue weighted by atomic mass is 10.2. The van der Waals surface area contributed by atoms with Crippen LogP contribution in [-0.2, 0) is 22.8 Å². The first kappa shape index (κ1) is 13.2. The van der Waals surface area contributed by atoms with Gasteiger partial charge in [0.25, 0.3) is 0 Å². The Labute approximate surface area is 99.3 Å². The summed E-state index contributed by atoms with van der Waals surface area (Å²) in [4.78, 5) is 10.8. The fourth-order valence-corrected chi connectivity index (χ4v) is 2.06. The van der Waals surface area contributed by atoms with Gasteiger partial charge in [0.2, 0.25) is 0 Å². The standard InChI is InChI=1S/C9H13ClN2O3S/c1-3-8-7(6-13)9(10)12(11-8)4-5-16(2,14)15/h6H,3-5H2,1-2H3. The van der Waals surface area contributed by atoms with Crippen molar-refractivity contribution in [1.29, 1.82) is 0 Å². The molecule has 0 saturated heterocycles. The SMILES string of the molecule is CCc1nn(CCS(C)(=O)=O)c(Cl)c1C=O. The van der Waals surface area contributed by atoms with Crippen molar-refractivity contribution in [2.45, 2.75) is 19.9 Å². The Kier molecular flexibility index (Phi) is 4.09. The Balaban J connectivity index is 2.98. The van der Waals surface area contributed by atoms with E-state index in [9.17, 15) is 13.2 Å². The highest BCUT2D eigenvalue weighted by molar-refractivity contribution is 7.90. The van der Waals surface area contributed by atoms with Gasteiger partial charge in [-0.1, -0.05) is 18.5 Å². The lowest BCUT2D eigenvalue weighted by Crippen LogP contribution is -2.12. The summed E-state index contributed by atoms with van der Waals surface area (Å²) in [5.41, 5.74) is 0.936. The third-order valence-electron chi connectivity index (χ3n) is 2.13. The molecule has 0 aliphatic rings. The molecule has 0 fully saturated rings. The summed E-state index contributed by atoms with van der Waals surface area (Å²) in [6.45, 7) is 2.02. The molecular formula is C9H13ClN2O3S. The number of hydrogen-bond donors (Lipinski definition) is 0. The van der Waals surface area contributed by atoms with E-state index in [2.05, 4.69) is 5.10 Å². The molecule has 1 aromatic rings. The fraction of sp³-hybridized carbons (Fsp3) is 0.556. The Hall–Kier alpha value is -0.880. The molecule has 0 N–H and O–H groups in total. The zero-order chi connectivity index (χ0) is 12.3. The summed E-state index contributed by atoms with van der Waals surface area (Å²) in [6.07, 6.45) is 2.37. The number of hydrogen-bond acceptors (Lipinski definition) is 4. The number of halogens is 1. The smallest absolute Gasteiger partial charge is 0.155 e. The van der Waals surface area contributed by atoms with Crippen molar-refractivity contribution in [2.75, 3.05) is 12.0 Å². The molecule has 0 aliphatic carbocycles. The number of carbonyl (C=O) groups excluding carboxylic acids is 1. The first-order valence-corrected chi connectivity index (χ1v) is 7.21. The number of carbonyl (C=O) groups is 1. The average Bonchev–Trinajstić information content (AvgIpc) is 2.50. The molecule has 0 unspecified atom stereocenters. The zero-order valence-corrected chi connectivity index (χ0v) is 10.7. The molecule has 1 heterocycles. The van der Waals surface area contributed by atoms with E-state index in [0.717, 1.165) is 6.26 Å². The van der Waals surface area contributed by atoms with Gasteiger partial charge in [-0.2, -0.15) is 5.10 Å². The molecule has 5 nitrogen and oxygen atoms in total.